The molecule has 0 spiro atoms. The van der Waals surface area contributed by atoms with E-state index in [-0.39, 0.29) is 0 Å². The third-order valence-corrected chi connectivity index (χ3v) is 4.73. The maximum Gasteiger partial charge on any atom is 0.0607 e. The molecule has 2 nitrogen and oxygen atoms in total. The molecule has 0 aromatic heterocycles. The number of nitrogens with one attached hydrogen (secondary N) is 1. The molecule has 2 rings (SSSR count). The first-order valence-electron chi connectivity index (χ1n) is 6.67. The second-order valence-corrected chi connectivity index (χ2v) is 6.49. The van der Waals surface area contributed by atoms with Gasteiger partial charge in [-0.1, -0.05) is 38.1 Å². The second-order valence-electron chi connectivity index (χ2n) is 5.16. The summed E-state index contributed by atoms with van der Waals surface area (Å²) >= 11 is 2.01. The lowest BCUT2D eigenvalue weighted by Crippen LogP contribution is -2.32. The van der Waals surface area contributed by atoms with Gasteiger partial charge in [0, 0.05) is 11.8 Å². The van der Waals surface area contributed by atoms with E-state index in [2.05, 4.69) is 43.4 Å². The Kier molecular flexibility index (Phi) is 5.10. The van der Waals surface area contributed by atoms with E-state index in [0.717, 1.165) is 19.0 Å². The van der Waals surface area contributed by atoms with Gasteiger partial charge in [-0.25, -0.2) is 0 Å². The van der Waals surface area contributed by atoms with Gasteiger partial charge in [0.25, 0.3) is 0 Å². The first-order chi connectivity index (χ1) is 8.70. The highest BCUT2D eigenvalue weighted by atomic mass is 32.2. The first kappa shape index (κ1) is 13.9. The molecule has 1 aromatic carbocycles. The van der Waals surface area contributed by atoms with E-state index < -0.39 is 0 Å². The lowest BCUT2D eigenvalue weighted by molar-refractivity contribution is 0.0455. The van der Waals surface area contributed by atoms with E-state index >= 15 is 0 Å². The normalized spacial score (nSPS) is 17.8. The molecule has 0 aliphatic carbocycles. The zero-order valence-corrected chi connectivity index (χ0v) is 12.3. The Labute approximate surface area is 114 Å². The number of benzene rings is 1. The van der Waals surface area contributed by atoms with Crippen molar-refractivity contribution in [1.82, 2.24) is 5.32 Å². The molecule has 0 saturated carbocycles. The van der Waals surface area contributed by atoms with Crippen molar-refractivity contribution in [3.8, 4) is 0 Å². The molecule has 18 heavy (non-hydrogen) atoms. The summed E-state index contributed by atoms with van der Waals surface area (Å²) in [6.45, 7) is 6.31. The van der Waals surface area contributed by atoms with Gasteiger partial charge in [0.15, 0.2) is 0 Å². The second kappa shape index (κ2) is 6.60. The van der Waals surface area contributed by atoms with Crippen LogP contribution in [-0.2, 0) is 4.74 Å². The molecule has 1 heterocycles. The summed E-state index contributed by atoms with van der Waals surface area (Å²) in [7, 11) is 2.04. The van der Waals surface area contributed by atoms with Crippen LogP contribution in [0, 0.1) is 0 Å². The minimum atomic E-state index is 0.441. The van der Waals surface area contributed by atoms with Crippen molar-refractivity contribution in [2.45, 2.75) is 31.1 Å². The highest BCUT2D eigenvalue weighted by molar-refractivity contribution is 8.00. The summed E-state index contributed by atoms with van der Waals surface area (Å²) in [5.41, 5.74) is 2.79. The van der Waals surface area contributed by atoms with Gasteiger partial charge in [0.05, 0.1) is 18.5 Å². The van der Waals surface area contributed by atoms with Crippen molar-refractivity contribution in [2.24, 2.45) is 0 Å². The number of hydrogen-bond acceptors (Lipinski definition) is 3. The molecule has 1 N–H and O–H groups in total. The highest BCUT2D eigenvalue weighted by Gasteiger charge is 2.20. The zero-order valence-electron chi connectivity index (χ0n) is 11.5. The largest absolute Gasteiger partial charge is 0.379 e. The van der Waals surface area contributed by atoms with Gasteiger partial charge in [-0.2, -0.15) is 11.8 Å². The number of rotatable bonds is 6. The molecular formula is C15H23NOS. The predicted octanol–water partition coefficient (Wildman–Crippen LogP) is 3.20. The van der Waals surface area contributed by atoms with E-state index in [1.54, 1.807) is 0 Å². The van der Waals surface area contributed by atoms with Crippen LogP contribution in [0.2, 0.25) is 0 Å². The lowest BCUT2D eigenvalue weighted by atomic mass is 10.00. The van der Waals surface area contributed by atoms with Crippen LogP contribution in [0.3, 0.4) is 0 Å². The molecule has 3 heteroatoms. The number of thioether (sulfide) groups is 1. The fraction of sp³-hybridized carbons (Fsp3) is 0.600. The van der Waals surface area contributed by atoms with Crippen LogP contribution in [-0.4, -0.2) is 31.3 Å². The van der Waals surface area contributed by atoms with Gasteiger partial charge in [-0.05, 0) is 24.1 Å². The Morgan fingerprint density at radius 3 is 2.28 bits per heavy atom. The molecular weight excluding hydrogens is 242 g/mol. The highest BCUT2D eigenvalue weighted by Crippen LogP contribution is 2.26. The average molecular weight is 265 g/mol. The standard InChI is InChI=1S/C15H23NOS/c1-11(2)12-4-6-13(7-5-12)15(16-3)10-18-14-8-17-9-14/h4-7,11,14-16H,8-10H2,1-3H3. The van der Waals surface area contributed by atoms with E-state index in [9.17, 15) is 0 Å². The molecule has 1 fully saturated rings. The first-order valence-corrected chi connectivity index (χ1v) is 7.72. The third kappa shape index (κ3) is 3.50. The van der Waals surface area contributed by atoms with Crippen LogP contribution in [0.4, 0.5) is 0 Å². The SMILES string of the molecule is CNC(CSC1COC1)c1ccc(C(C)C)cc1. The predicted molar refractivity (Wildman–Crippen MR) is 79.4 cm³/mol. The smallest absolute Gasteiger partial charge is 0.0607 e. The van der Waals surface area contributed by atoms with E-state index in [1.165, 1.54) is 11.1 Å². The molecule has 0 radical (unpaired) electrons. The molecule has 100 valence electrons. The van der Waals surface area contributed by atoms with Gasteiger partial charge in [-0.3, -0.25) is 0 Å². The molecule has 1 unspecified atom stereocenters. The topological polar surface area (TPSA) is 21.3 Å². The maximum absolute atomic E-state index is 5.21. The van der Waals surface area contributed by atoms with E-state index in [4.69, 9.17) is 4.74 Å². The van der Waals surface area contributed by atoms with Gasteiger partial charge >= 0.3 is 0 Å². The fourth-order valence-electron chi connectivity index (χ4n) is 2.00. The minimum Gasteiger partial charge on any atom is -0.379 e. The maximum atomic E-state index is 5.21. The molecule has 1 aliphatic rings. The number of hydrogen-bond donors (Lipinski definition) is 1. The third-order valence-electron chi connectivity index (χ3n) is 3.46. The fourth-order valence-corrected chi connectivity index (χ4v) is 3.21. The van der Waals surface area contributed by atoms with Crippen molar-refractivity contribution in [2.75, 3.05) is 26.0 Å². The summed E-state index contributed by atoms with van der Waals surface area (Å²) in [6, 6.07) is 9.46. The van der Waals surface area contributed by atoms with Gasteiger partial charge in [0.2, 0.25) is 0 Å². The van der Waals surface area contributed by atoms with Gasteiger partial charge < -0.3 is 10.1 Å². The minimum absolute atomic E-state index is 0.441. The van der Waals surface area contributed by atoms with Crippen molar-refractivity contribution < 1.29 is 4.74 Å². The Morgan fingerprint density at radius 2 is 1.83 bits per heavy atom. The summed E-state index contributed by atoms with van der Waals surface area (Å²) in [4.78, 5) is 0. The average Bonchev–Trinajstić information content (AvgIpc) is 2.32. The van der Waals surface area contributed by atoms with Crippen LogP contribution in [0.5, 0.6) is 0 Å². The van der Waals surface area contributed by atoms with Crippen LogP contribution in [0.1, 0.15) is 36.9 Å². The van der Waals surface area contributed by atoms with Gasteiger partial charge in [-0.15, -0.1) is 0 Å². The van der Waals surface area contributed by atoms with Crippen molar-refractivity contribution in [1.29, 1.82) is 0 Å². The Balaban J connectivity index is 1.93. The Bertz CT molecular complexity index is 359. The van der Waals surface area contributed by atoms with Crippen molar-refractivity contribution in [3.63, 3.8) is 0 Å². The summed E-state index contributed by atoms with van der Waals surface area (Å²) in [5.74, 6) is 1.72. The van der Waals surface area contributed by atoms with Crippen LogP contribution in [0.15, 0.2) is 24.3 Å². The quantitative estimate of drug-likeness (QED) is 0.853. The number of ether oxygens (including phenoxy) is 1. The van der Waals surface area contributed by atoms with Crippen molar-refractivity contribution in [3.05, 3.63) is 35.4 Å². The van der Waals surface area contributed by atoms with Crippen LogP contribution >= 0.6 is 11.8 Å². The molecule has 1 aliphatic heterocycles. The lowest BCUT2D eigenvalue weighted by Gasteiger charge is -2.27. The zero-order chi connectivity index (χ0) is 13.0. The van der Waals surface area contributed by atoms with E-state index in [0.29, 0.717) is 17.2 Å². The Hall–Kier alpha value is -0.510. The molecule has 1 aromatic rings. The van der Waals surface area contributed by atoms with E-state index in [1.807, 2.05) is 18.8 Å². The summed E-state index contributed by atoms with van der Waals surface area (Å²) in [5, 5.41) is 4.11. The molecule has 0 amide bonds. The Morgan fingerprint density at radius 1 is 1.22 bits per heavy atom. The van der Waals surface area contributed by atoms with Crippen LogP contribution < -0.4 is 5.32 Å². The van der Waals surface area contributed by atoms with Crippen LogP contribution in [0.25, 0.3) is 0 Å². The molecule has 0 bridgehead atoms. The van der Waals surface area contributed by atoms with Crippen molar-refractivity contribution >= 4 is 11.8 Å². The van der Waals surface area contributed by atoms with Gasteiger partial charge in [0.1, 0.15) is 0 Å². The summed E-state index contributed by atoms with van der Waals surface area (Å²) < 4.78 is 5.21. The monoisotopic (exact) mass is 265 g/mol. The molecule has 1 saturated heterocycles. The molecule has 1 atom stereocenters. The summed E-state index contributed by atoms with van der Waals surface area (Å²) in [6.07, 6.45) is 0.